The third-order valence-electron chi connectivity index (χ3n) is 5.68. The van der Waals surface area contributed by atoms with Crippen LogP contribution in [0.5, 0.6) is 0 Å². The molecular weight excluding hydrogens is 352 g/mol. The number of aliphatic hydroxyl groups excluding tert-OH is 1. The van der Waals surface area contributed by atoms with Crippen LogP contribution in [-0.2, 0) is 17.8 Å². The topological polar surface area (TPSA) is 69.2 Å². The van der Waals surface area contributed by atoms with Gasteiger partial charge in [0, 0.05) is 19.0 Å². The van der Waals surface area contributed by atoms with Crippen LogP contribution in [0.1, 0.15) is 43.5 Å². The van der Waals surface area contributed by atoms with Crippen LogP contribution in [0.3, 0.4) is 0 Å². The first-order valence-electron chi connectivity index (χ1n) is 9.53. The lowest BCUT2D eigenvalue weighted by atomic mass is 9.84. The van der Waals surface area contributed by atoms with Crippen molar-refractivity contribution in [2.45, 2.75) is 51.2 Å². The van der Waals surface area contributed by atoms with Crippen molar-refractivity contribution in [1.29, 1.82) is 0 Å². The molecule has 1 aliphatic heterocycles. The number of carbonyl (C=O) groups is 1. The minimum atomic E-state index is -0.955. The van der Waals surface area contributed by atoms with Crippen LogP contribution < -0.4 is 0 Å². The molecule has 1 saturated carbocycles. The molecule has 2 heterocycles. The van der Waals surface area contributed by atoms with Gasteiger partial charge in [-0.15, -0.1) is 0 Å². The van der Waals surface area contributed by atoms with Gasteiger partial charge >= 0.3 is 0 Å². The summed E-state index contributed by atoms with van der Waals surface area (Å²) >= 11 is 0. The Morgan fingerprint density at radius 1 is 1.26 bits per heavy atom. The fraction of sp³-hybridized carbons (Fsp3) is 0.500. The van der Waals surface area contributed by atoms with Crippen LogP contribution in [0.25, 0.3) is 11.4 Å². The molecule has 2 N–H and O–H groups in total. The first-order valence-corrected chi connectivity index (χ1v) is 9.53. The van der Waals surface area contributed by atoms with E-state index >= 15 is 0 Å². The van der Waals surface area contributed by atoms with Crippen LogP contribution >= 0.6 is 0 Å². The number of aromatic amines is 1. The minimum absolute atomic E-state index is 0.0401. The van der Waals surface area contributed by atoms with Crippen molar-refractivity contribution >= 4 is 5.91 Å². The smallest absolute Gasteiger partial charge is 0.252 e. The average Bonchev–Trinajstić information content (AvgIpc) is 3.10. The van der Waals surface area contributed by atoms with Crippen molar-refractivity contribution in [3.05, 3.63) is 41.2 Å². The Morgan fingerprint density at radius 2 is 2.04 bits per heavy atom. The van der Waals surface area contributed by atoms with Crippen LogP contribution in [0.2, 0.25) is 0 Å². The van der Waals surface area contributed by atoms with Crippen molar-refractivity contribution in [3.63, 3.8) is 0 Å². The molecule has 5 nitrogen and oxygen atoms in total. The zero-order valence-corrected chi connectivity index (χ0v) is 15.0. The van der Waals surface area contributed by atoms with E-state index in [2.05, 4.69) is 9.97 Å². The SMILES string of the molecule is O=C([C@H](O)C1CCCCC1)N1CCc2nc(-c3ccc(F)cc3F)[nH]c2C1. The van der Waals surface area contributed by atoms with Crippen LogP contribution in [0, 0.1) is 17.6 Å². The zero-order chi connectivity index (χ0) is 19.0. The number of imidazole rings is 1. The van der Waals surface area contributed by atoms with E-state index in [-0.39, 0.29) is 17.4 Å². The molecule has 4 rings (SSSR count). The highest BCUT2D eigenvalue weighted by Crippen LogP contribution is 2.29. The number of rotatable bonds is 3. The van der Waals surface area contributed by atoms with Crippen molar-refractivity contribution in [2.24, 2.45) is 5.92 Å². The van der Waals surface area contributed by atoms with Gasteiger partial charge in [-0.1, -0.05) is 19.3 Å². The van der Waals surface area contributed by atoms with Crippen LogP contribution in [-0.4, -0.2) is 38.5 Å². The van der Waals surface area contributed by atoms with Gasteiger partial charge in [0.2, 0.25) is 0 Å². The molecule has 0 spiro atoms. The van der Waals surface area contributed by atoms with E-state index in [0.717, 1.165) is 43.1 Å². The molecule has 2 aromatic rings. The molecular formula is C20H23F2N3O2. The van der Waals surface area contributed by atoms with Crippen molar-refractivity contribution < 1.29 is 18.7 Å². The quantitative estimate of drug-likeness (QED) is 0.866. The highest BCUT2D eigenvalue weighted by molar-refractivity contribution is 5.81. The summed E-state index contributed by atoms with van der Waals surface area (Å²) in [5.74, 6) is -1.18. The van der Waals surface area contributed by atoms with Crippen LogP contribution in [0.4, 0.5) is 8.78 Å². The van der Waals surface area contributed by atoms with E-state index in [1.54, 1.807) is 4.90 Å². The predicted octanol–water partition coefficient (Wildman–Crippen LogP) is 3.18. The van der Waals surface area contributed by atoms with E-state index in [0.29, 0.717) is 25.3 Å². The lowest BCUT2D eigenvalue weighted by Gasteiger charge is -2.32. The summed E-state index contributed by atoms with van der Waals surface area (Å²) in [7, 11) is 0. The summed E-state index contributed by atoms with van der Waals surface area (Å²) in [4.78, 5) is 21.8. The lowest BCUT2D eigenvalue weighted by molar-refractivity contribution is -0.144. The Labute approximate surface area is 156 Å². The predicted molar refractivity (Wildman–Crippen MR) is 95.6 cm³/mol. The number of nitrogens with zero attached hydrogens (tertiary/aromatic N) is 2. The standard InChI is InChI=1S/C20H23F2N3O2/c21-13-6-7-14(15(22)10-13)19-23-16-8-9-25(11-17(16)24-19)20(27)18(26)12-4-2-1-3-5-12/h6-7,10,12,18,26H,1-5,8-9,11H2,(H,23,24)/t18-/m1/s1. The van der Waals surface area contributed by atoms with Gasteiger partial charge in [0.1, 0.15) is 23.6 Å². The summed E-state index contributed by atoms with van der Waals surface area (Å²) in [6.07, 6.45) is 4.66. The molecule has 7 heteroatoms. The number of aliphatic hydroxyl groups is 1. The largest absolute Gasteiger partial charge is 0.383 e. The van der Waals surface area contributed by atoms with Gasteiger partial charge in [-0.3, -0.25) is 4.79 Å². The Morgan fingerprint density at radius 3 is 2.78 bits per heavy atom. The third-order valence-corrected chi connectivity index (χ3v) is 5.68. The molecule has 1 aliphatic carbocycles. The van der Waals surface area contributed by atoms with Crippen molar-refractivity contribution in [3.8, 4) is 11.4 Å². The monoisotopic (exact) mass is 375 g/mol. The molecule has 144 valence electrons. The Bertz CT molecular complexity index is 846. The number of benzene rings is 1. The second-order valence-electron chi connectivity index (χ2n) is 7.49. The first kappa shape index (κ1) is 18.1. The maximum absolute atomic E-state index is 14.0. The fourth-order valence-electron chi connectivity index (χ4n) is 4.13. The van der Waals surface area contributed by atoms with Crippen molar-refractivity contribution in [1.82, 2.24) is 14.9 Å². The molecule has 0 saturated heterocycles. The highest BCUT2D eigenvalue weighted by atomic mass is 19.1. The molecule has 1 atom stereocenters. The number of aromatic nitrogens is 2. The molecule has 1 aromatic heterocycles. The molecule has 1 amide bonds. The highest BCUT2D eigenvalue weighted by Gasteiger charge is 2.33. The molecule has 27 heavy (non-hydrogen) atoms. The molecule has 1 fully saturated rings. The molecule has 1 aromatic carbocycles. The zero-order valence-electron chi connectivity index (χ0n) is 15.0. The number of hydrogen-bond acceptors (Lipinski definition) is 3. The van der Waals surface area contributed by atoms with Gasteiger partial charge < -0.3 is 15.0 Å². The number of fused-ring (bicyclic) bond motifs is 1. The normalized spacial score (nSPS) is 19.0. The summed E-state index contributed by atoms with van der Waals surface area (Å²) in [6, 6.07) is 3.37. The van der Waals surface area contributed by atoms with Gasteiger partial charge in [-0.2, -0.15) is 0 Å². The average molecular weight is 375 g/mol. The van der Waals surface area contributed by atoms with Gasteiger partial charge in [0.25, 0.3) is 5.91 Å². The maximum Gasteiger partial charge on any atom is 0.252 e. The lowest BCUT2D eigenvalue weighted by Crippen LogP contribution is -2.45. The van der Waals surface area contributed by atoms with Gasteiger partial charge in [-0.25, -0.2) is 13.8 Å². The maximum atomic E-state index is 14.0. The summed E-state index contributed by atoms with van der Waals surface area (Å²) in [6.45, 7) is 0.791. The van der Waals surface area contributed by atoms with Gasteiger partial charge in [-0.05, 0) is 30.9 Å². The Kier molecular flexibility index (Phi) is 4.95. The number of H-pyrrole nitrogens is 1. The second-order valence-corrected chi connectivity index (χ2v) is 7.49. The third kappa shape index (κ3) is 3.60. The van der Waals surface area contributed by atoms with E-state index in [9.17, 15) is 18.7 Å². The van der Waals surface area contributed by atoms with E-state index < -0.39 is 17.7 Å². The van der Waals surface area contributed by atoms with E-state index in [1.165, 1.54) is 18.6 Å². The summed E-state index contributed by atoms with van der Waals surface area (Å²) in [5, 5.41) is 10.5. The molecule has 2 aliphatic rings. The summed E-state index contributed by atoms with van der Waals surface area (Å²) < 4.78 is 27.1. The number of carbonyl (C=O) groups excluding carboxylic acids is 1. The van der Waals surface area contributed by atoms with E-state index in [4.69, 9.17) is 0 Å². The Hall–Kier alpha value is -2.28. The summed E-state index contributed by atoms with van der Waals surface area (Å²) in [5.41, 5.74) is 1.72. The van der Waals surface area contributed by atoms with Crippen LogP contribution in [0.15, 0.2) is 18.2 Å². The first-order chi connectivity index (χ1) is 13.0. The Balaban J connectivity index is 1.50. The minimum Gasteiger partial charge on any atom is -0.383 e. The van der Waals surface area contributed by atoms with Gasteiger partial charge in [0.15, 0.2) is 0 Å². The molecule has 0 radical (unpaired) electrons. The second kappa shape index (κ2) is 7.38. The fourth-order valence-corrected chi connectivity index (χ4v) is 4.13. The number of nitrogens with one attached hydrogen (secondary N) is 1. The number of halogens is 2. The number of amides is 1. The van der Waals surface area contributed by atoms with Gasteiger partial charge in [0.05, 0.1) is 23.5 Å². The van der Waals surface area contributed by atoms with E-state index in [1.807, 2.05) is 0 Å². The molecule has 0 unspecified atom stereocenters. The number of hydrogen-bond donors (Lipinski definition) is 2. The van der Waals surface area contributed by atoms with Crippen molar-refractivity contribution in [2.75, 3.05) is 6.54 Å². The molecule has 0 bridgehead atoms.